The smallest absolute Gasteiger partial charge is 0.423 e. The number of halogens is 3. The molecule has 8 heteroatoms. The summed E-state index contributed by atoms with van der Waals surface area (Å²) in [7, 11) is 0. The van der Waals surface area contributed by atoms with E-state index >= 15 is 0 Å². The number of nitro groups is 1. The first-order chi connectivity index (χ1) is 11.6. The zero-order valence-electron chi connectivity index (χ0n) is 13.4. The molecule has 3 rings (SSSR count). The van der Waals surface area contributed by atoms with Crippen LogP contribution in [-0.4, -0.2) is 10.5 Å². The molecule has 132 valence electrons. The average Bonchev–Trinajstić information content (AvgIpc) is 2.81. The van der Waals surface area contributed by atoms with E-state index in [1.165, 1.54) is 0 Å². The van der Waals surface area contributed by atoms with Crippen molar-refractivity contribution >= 4 is 5.69 Å². The second-order valence-electron chi connectivity index (χ2n) is 6.32. The monoisotopic (exact) mass is 353 g/mol. The Bertz CT molecular complexity index is 846. The normalized spacial score (nSPS) is 15.4. The van der Waals surface area contributed by atoms with Gasteiger partial charge in [0.05, 0.1) is 4.92 Å². The summed E-state index contributed by atoms with van der Waals surface area (Å²) in [5, 5.41) is 10.8. The van der Waals surface area contributed by atoms with Crippen LogP contribution < -0.4 is 9.47 Å². The van der Waals surface area contributed by atoms with E-state index in [0.717, 1.165) is 17.7 Å². The predicted octanol–water partition coefficient (Wildman–Crippen LogP) is 5.12. The lowest BCUT2D eigenvalue weighted by atomic mass is 10.0. The number of fused-ring (bicyclic) bond motifs is 1. The van der Waals surface area contributed by atoms with Crippen molar-refractivity contribution in [1.29, 1.82) is 0 Å². The molecule has 0 aromatic heterocycles. The van der Waals surface area contributed by atoms with Crippen LogP contribution in [0.2, 0.25) is 0 Å². The Morgan fingerprint density at radius 1 is 1.24 bits per heavy atom. The number of nitrogens with zero attached hydrogens (tertiary/aromatic N) is 1. The fraction of sp³-hybridized carbons (Fsp3) is 0.294. The van der Waals surface area contributed by atoms with Crippen LogP contribution >= 0.6 is 0 Å². The molecule has 0 saturated carbocycles. The highest BCUT2D eigenvalue weighted by molar-refractivity contribution is 5.53. The molecule has 1 aliphatic rings. The number of rotatable bonds is 3. The van der Waals surface area contributed by atoms with Crippen LogP contribution in [0, 0.1) is 10.1 Å². The second kappa shape index (κ2) is 5.65. The number of para-hydroxylation sites is 1. The molecule has 0 spiro atoms. The molecule has 0 fully saturated rings. The number of ether oxygens (including phenoxy) is 2. The Kier molecular flexibility index (Phi) is 3.85. The summed E-state index contributed by atoms with van der Waals surface area (Å²) >= 11 is 0. The maximum atomic E-state index is 13.1. The summed E-state index contributed by atoms with van der Waals surface area (Å²) < 4.78 is 50.5. The van der Waals surface area contributed by atoms with Crippen LogP contribution in [0.3, 0.4) is 0 Å². The highest BCUT2D eigenvalue weighted by Crippen LogP contribution is 2.44. The van der Waals surface area contributed by atoms with E-state index in [2.05, 4.69) is 0 Å². The molecule has 0 amide bonds. The second-order valence-corrected chi connectivity index (χ2v) is 6.32. The fourth-order valence-electron chi connectivity index (χ4n) is 2.76. The number of hydrogen-bond donors (Lipinski definition) is 0. The molecule has 2 aromatic carbocycles. The van der Waals surface area contributed by atoms with E-state index in [9.17, 15) is 23.3 Å². The molecule has 0 aliphatic carbocycles. The zero-order chi connectivity index (χ0) is 18.4. The number of benzene rings is 2. The van der Waals surface area contributed by atoms with Crippen molar-refractivity contribution in [2.45, 2.75) is 32.0 Å². The van der Waals surface area contributed by atoms with E-state index < -0.39 is 28.0 Å². The highest BCUT2D eigenvalue weighted by Gasteiger charge is 2.39. The number of nitro benzene ring substituents is 1. The van der Waals surface area contributed by atoms with Gasteiger partial charge in [0.2, 0.25) is 0 Å². The molecule has 0 radical (unpaired) electrons. The highest BCUT2D eigenvalue weighted by atomic mass is 19.4. The van der Waals surface area contributed by atoms with Gasteiger partial charge in [-0.15, -0.1) is 0 Å². The summed E-state index contributed by atoms with van der Waals surface area (Å²) in [5.41, 5.74) is -1.92. The molecule has 2 aromatic rings. The van der Waals surface area contributed by atoms with E-state index in [1.807, 2.05) is 19.9 Å². The third-order valence-electron chi connectivity index (χ3n) is 3.75. The Morgan fingerprint density at radius 2 is 1.96 bits per heavy atom. The van der Waals surface area contributed by atoms with Gasteiger partial charge >= 0.3 is 6.18 Å². The molecule has 5 nitrogen and oxygen atoms in total. The molecular weight excluding hydrogens is 339 g/mol. The number of hydrogen-bond acceptors (Lipinski definition) is 4. The topological polar surface area (TPSA) is 61.6 Å². The Hall–Kier alpha value is -2.77. The fourth-order valence-corrected chi connectivity index (χ4v) is 2.76. The third-order valence-corrected chi connectivity index (χ3v) is 3.75. The van der Waals surface area contributed by atoms with Gasteiger partial charge in [-0.1, -0.05) is 12.1 Å². The maximum Gasteiger partial charge on any atom is 0.423 e. The summed E-state index contributed by atoms with van der Waals surface area (Å²) in [4.78, 5) is 9.74. The summed E-state index contributed by atoms with van der Waals surface area (Å²) in [6, 6.07) is 7.69. The Morgan fingerprint density at radius 3 is 2.60 bits per heavy atom. The van der Waals surface area contributed by atoms with Crippen LogP contribution in [0.4, 0.5) is 18.9 Å². The molecule has 25 heavy (non-hydrogen) atoms. The minimum Gasteiger partial charge on any atom is -0.483 e. The lowest BCUT2D eigenvalue weighted by Gasteiger charge is -2.18. The summed E-state index contributed by atoms with van der Waals surface area (Å²) in [6.45, 7) is 3.79. The molecule has 0 unspecified atom stereocenters. The van der Waals surface area contributed by atoms with Crippen molar-refractivity contribution in [1.82, 2.24) is 0 Å². The van der Waals surface area contributed by atoms with Gasteiger partial charge in [0, 0.05) is 18.1 Å². The van der Waals surface area contributed by atoms with Crippen LogP contribution in [0.25, 0.3) is 0 Å². The molecule has 0 bridgehead atoms. The summed E-state index contributed by atoms with van der Waals surface area (Å²) in [5.74, 6) is 0.587. The lowest BCUT2D eigenvalue weighted by molar-refractivity contribution is -0.388. The van der Waals surface area contributed by atoms with Crippen LogP contribution in [-0.2, 0) is 12.6 Å². The van der Waals surface area contributed by atoms with Gasteiger partial charge in [0.15, 0.2) is 11.5 Å². The Labute approximate surface area is 141 Å². The van der Waals surface area contributed by atoms with E-state index in [-0.39, 0.29) is 11.5 Å². The molecule has 0 N–H and O–H groups in total. The van der Waals surface area contributed by atoms with Crippen molar-refractivity contribution in [3.8, 4) is 17.2 Å². The molecule has 1 heterocycles. The summed E-state index contributed by atoms with van der Waals surface area (Å²) in [6.07, 6.45) is -4.22. The van der Waals surface area contributed by atoms with E-state index in [0.29, 0.717) is 18.2 Å². The van der Waals surface area contributed by atoms with E-state index in [4.69, 9.17) is 9.47 Å². The van der Waals surface area contributed by atoms with Crippen molar-refractivity contribution in [2.75, 3.05) is 0 Å². The molecule has 0 saturated heterocycles. The quantitative estimate of drug-likeness (QED) is 0.568. The van der Waals surface area contributed by atoms with Gasteiger partial charge in [0.1, 0.15) is 16.9 Å². The van der Waals surface area contributed by atoms with Gasteiger partial charge in [-0.2, -0.15) is 13.2 Å². The van der Waals surface area contributed by atoms with Crippen molar-refractivity contribution in [2.24, 2.45) is 0 Å². The van der Waals surface area contributed by atoms with Gasteiger partial charge in [-0.3, -0.25) is 10.1 Å². The van der Waals surface area contributed by atoms with E-state index in [1.54, 1.807) is 12.1 Å². The van der Waals surface area contributed by atoms with Crippen molar-refractivity contribution in [3.05, 3.63) is 57.6 Å². The van der Waals surface area contributed by atoms with Crippen molar-refractivity contribution in [3.63, 3.8) is 0 Å². The van der Waals surface area contributed by atoms with Crippen molar-refractivity contribution < 1.29 is 27.6 Å². The first kappa shape index (κ1) is 17.1. The van der Waals surface area contributed by atoms with Gasteiger partial charge in [-0.05, 0) is 32.0 Å². The number of alkyl halides is 3. The average molecular weight is 353 g/mol. The minimum atomic E-state index is -4.86. The molecule has 0 atom stereocenters. The van der Waals surface area contributed by atoms with Crippen LogP contribution in [0.1, 0.15) is 25.0 Å². The largest absolute Gasteiger partial charge is 0.483 e. The van der Waals surface area contributed by atoms with Crippen LogP contribution in [0.5, 0.6) is 17.2 Å². The van der Waals surface area contributed by atoms with Gasteiger partial charge in [-0.25, -0.2) is 0 Å². The SMILES string of the molecule is CC1(C)Cc2cccc(Oc3ccc([N+](=O)[O-])c(C(F)(F)F)c3)c2O1. The van der Waals surface area contributed by atoms with Crippen LogP contribution in [0.15, 0.2) is 36.4 Å². The zero-order valence-corrected chi connectivity index (χ0v) is 13.4. The standard InChI is InChI=1S/C17H14F3NO4/c1-16(2)9-10-4-3-5-14(15(10)25-16)24-11-6-7-13(21(22)23)12(8-11)17(18,19)20/h3-8H,9H2,1-2H3. The van der Waals surface area contributed by atoms with Gasteiger partial charge < -0.3 is 9.47 Å². The predicted molar refractivity (Wildman–Crippen MR) is 83.0 cm³/mol. The third kappa shape index (κ3) is 3.38. The Balaban J connectivity index is 1.98. The first-order valence-electron chi connectivity index (χ1n) is 7.41. The molecular formula is C17H14F3NO4. The molecule has 1 aliphatic heterocycles. The minimum absolute atomic E-state index is 0.153. The first-order valence-corrected chi connectivity index (χ1v) is 7.41. The lowest BCUT2D eigenvalue weighted by Crippen LogP contribution is -2.24. The van der Waals surface area contributed by atoms with Gasteiger partial charge in [0.25, 0.3) is 5.69 Å². The maximum absolute atomic E-state index is 13.1.